The Morgan fingerprint density at radius 1 is 0.929 bits per heavy atom. The Hall–Kier alpha value is -1.11. The van der Waals surface area contributed by atoms with Crippen molar-refractivity contribution < 1.29 is 0 Å². The van der Waals surface area contributed by atoms with Gasteiger partial charge in [0.15, 0.2) is 5.82 Å². The third kappa shape index (κ3) is 2.03. The van der Waals surface area contributed by atoms with Gasteiger partial charge in [0.25, 0.3) is 0 Å². The molecule has 0 saturated carbocycles. The molecule has 1 aromatic heterocycles. The Morgan fingerprint density at radius 3 is 2.07 bits per heavy atom. The first-order valence-electron chi connectivity index (χ1n) is 4.05. The Kier molecular flexibility index (Phi) is 2.67. The van der Waals surface area contributed by atoms with Crippen LogP contribution in [0.1, 0.15) is 5.82 Å². The summed E-state index contributed by atoms with van der Waals surface area (Å²) in [6.07, 6.45) is 0. The van der Waals surface area contributed by atoms with E-state index in [4.69, 9.17) is 0 Å². The second-order valence-electron chi connectivity index (χ2n) is 2.78. The van der Waals surface area contributed by atoms with E-state index in [1.54, 1.807) is 6.92 Å². The fourth-order valence-electron chi connectivity index (χ4n) is 0.994. The van der Waals surface area contributed by atoms with Gasteiger partial charge in [-0.3, -0.25) is 0 Å². The van der Waals surface area contributed by atoms with Crippen LogP contribution in [0.5, 0.6) is 0 Å². The lowest BCUT2D eigenvalue weighted by Crippen LogP contribution is -1.98. The summed E-state index contributed by atoms with van der Waals surface area (Å²) in [7, 11) is 0. The van der Waals surface area contributed by atoms with E-state index in [9.17, 15) is 0 Å². The zero-order valence-electron chi connectivity index (χ0n) is 7.48. The maximum Gasteiger partial charge on any atom is 0.203 e. The van der Waals surface area contributed by atoms with Crippen molar-refractivity contribution in [3.05, 3.63) is 33.7 Å². The summed E-state index contributed by atoms with van der Waals surface area (Å²) < 4.78 is 1.18. The van der Waals surface area contributed by atoms with E-state index in [0.717, 1.165) is 5.56 Å². The van der Waals surface area contributed by atoms with E-state index in [-0.39, 0.29) is 0 Å². The van der Waals surface area contributed by atoms with Crippen molar-refractivity contribution in [3.8, 4) is 11.4 Å². The zero-order chi connectivity index (χ0) is 9.97. The Balaban J connectivity index is 2.40. The molecule has 0 aliphatic heterocycles. The van der Waals surface area contributed by atoms with E-state index in [1.807, 2.05) is 24.3 Å². The second-order valence-corrected chi connectivity index (χ2v) is 4.02. The third-order valence-corrected chi connectivity index (χ3v) is 2.40. The number of aromatic nitrogens is 4. The van der Waals surface area contributed by atoms with Crippen LogP contribution in [0.2, 0.25) is 0 Å². The lowest BCUT2D eigenvalue weighted by atomic mass is 10.2. The number of hydrogen-bond donors (Lipinski definition) is 0. The highest BCUT2D eigenvalue weighted by atomic mass is 127. The minimum Gasteiger partial charge on any atom is -0.131 e. The van der Waals surface area contributed by atoms with Gasteiger partial charge in [0, 0.05) is 9.13 Å². The molecule has 14 heavy (non-hydrogen) atoms. The second kappa shape index (κ2) is 3.95. The predicted molar refractivity (Wildman–Crippen MR) is 60.5 cm³/mol. The van der Waals surface area contributed by atoms with E-state index in [1.165, 1.54) is 3.57 Å². The van der Waals surface area contributed by atoms with Crippen molar-refractivity contribution >= 4 is 22.6 Å². The van der Waals surface area contributed by atoms with Crippen molar-refractivity contribution in [2.24, 2.45) is 0 Å². The number of nitrogens with zero attached hydrogens (tertiary/aromatic N) is 4. The monoisotopic (exact) mass is 298 g/mol. The smallest absolute Gasteiger partial charge is 0.131 e. The van der Waals surface area contributed by atoms with E-state index in [0.29, 0.717) is 11.6 Å². The molecule has 0 bridgehead atoms. The number of aryl methyl sites for hydroxylation is 1. The lowest BCUT2D eigenvalue weighted by molar-refractivity contribution is 0.816. The molecule has 4 nitrogen and oxygen atoms in total. The van der Waals surface area contributed by atoms with Gasteiger partial charge in [0.1, 0.15) is 0 Å². The normalized spacial score (nSPS) is 10.1. The molecule has 0 saturated heterocycles. The molecule has 70 valence electrons. The molecule has 0 unspecified atom stereocenters. The number of benzene rings is 1. The maximum atomic E-state index is 3.95. The first-order valence-corrected chi connectivity index (χ1v) is 5.13. The van der Waals surface area contributed by atoms with Crippen LogP contribution < -0.4 is 0 Å². The van der Waals surface area contributed by atoms with Gasteiger partial charge in [-0.05, 0) is 41.6 Å². The molecule has 0 fully saturated rings. The fraction of sp³-hybridized carbons (Fsp3) is 0.111. The standard InChI is InChI=1S/C9H7IN4/c1-6-11-13-9(14-12-6)7-2-4-8(10)5-3-7/h2-5H,1H3. The number of rotatable bonds is 1. The summed E-state index contributed by atoms with van der Waals surface area (Å²) in [6, 6.07) is 7.91. The number of halogens is 1. The molecule has 0 N–H and O–H groups in total. The maximum absolute atomic E-state index is 3.95. The van der Waals surface area contributed by atoms with Crippen LogP contribution in [-0.2, 0) is 0 Å². The average molecular weight is 298 g/mol. The van der Waals surface area contributed by atoms with Gasteiger partial charge in [-0.25, -0.2) is 0 Å². The lowest BCUT2D eigenvalue weighted by Gasteiger charge is -1.97. The summed E-state index contributed by atoms with van der Waals surface area (Å²) in [6.45, 7) is 1.76. The third-order valence-electron chi connectivity index (χ3n) is 1.68. The van der Waals surface area contributed by atoms with Gasteiger partial charge in [-0.2, -0.15) is 0 Å². The van der Waals surface area contributed by atoms with Crippen LogP contribution in [0, 0.1) is 10.5 Å². The van der Waals surface area contributed by atoms with Gasteiger partial charge in [-0.1, -0.05) is 12.1 Å². The summed E-state index contributed by atoms with van der Waals surface area (Å²) in [5.74, 6) is 1.14. The van der Waals surface area contributed by atoms with Crippen LogP contribution in [0.3, 0.4) is 0 Å². The fourth-order valence-corrected chi connectivity index (χ4v) is 1.35. The van der Waals surface area contributed by atoms with Crippen LogP contribution in [-0.4, -0.2) is 20.4 Å². The minimum absolute atomic E-state index is 0.562. The van der Waals surface area contributed by atoms with Crippen molar-refractivity contribution in [1.82, 2.24) is 20.4 Å². The first-order chi connectivity index (χ1) is 6.75. The first kappa shape index (κ1) is 9.45. The molecule has 2 aromatic rings. The van der Waals surface area contributed by atoms with Crippen molar-refractivity contribution in [2.45, 2.75) is 6.92 Å². The summed E-state index contributed by atoms with van der Waals surface area (Å²) in [4.78, 5) is 0. The molecule has 0 radical (unpaired) electrons. The van der Waals surface area contributed by atoms with Crippen LogP contribution in [0.4, 0.5) is 0 Å². The van der Waals surface area contributed by atoms with Gasteiger partial charge in [0.05, 0.1) is 0 Å². The zero-order valence-corrected chi connectivity index (χ0v) is 9.63. The molecule has 5 heteroatoms. The minimum atomic E-state index is 0.562. The molecule has 1 aromatic carbocycles. The Labute approximate surface area is 94.9 Å². The van der Waals surface area contributed by atoms with Crippen LogP contribution >= 0.6 is 22.6 Å². The van der Waals surface area contributed by atoms with Crippen molar-refractivity contribution in [2.75, 3.05) is 0 Å². The highest BCUT2D eigenvalue weighted by molar-refractivity contribution is 14.1. The van der Waals surface area contributed by atoms with Gasteiger partial charge >= 0.3 is 0 Å². The molecule has 1 heterocycles. The quantitative estimate of drug-likeness (QED) is 0.754. The van der Waals surface area contributed by atoms with Gasteiger partial charge in [0.2, 0.25) is 5.82 Å². The molecule has 0 amide bonds. The van der Waals surface area contributed by atoms with E-state index < -0.39 is 0 Å². The molecule has 0 spiro atoms. The predicted octanol–water partition coefficient (Wildman–Crippen LogP) is 1.85. The van der Waals surface area contributed by atoms with Crippen molar-refractivity contribution in [1.29, 1.82) is 0 Å². The van der Waals surface area contributed by atoms with Crippen LogP contribution in [0.25, 0.3) is 11.4 Å². The molecule has 2 rings (SSSR count). The molecule has 0 aliphatic rings. The largest absolute Gasteiger partial charge is 0.203 e. The molecule has 0 atom stereocenters. The number of hydrogen-bond acceptors (Lipinski definition) is 4. The van der Waals surface area contributed by atoms with Gasteiger partial charge in [-0.15, -0.1) is 20.4 Å². The highest BCUT2D eigenvalue weighted by Gasteiger charge is 2.01. The highest BCUT2D eigenvalue weighted by Crippen LogP contribution is 2.14. The Morgan fingerprint density at radius 2 is 1.50 bits per heavy atom. The summed E-state index contributed by atoms with van der Waals surface area (Å²) in [5, 5.41) is 15.6. The molecular formula is C9H7IN4. The van der Waals surface area contributed by atoms with Crippen LogP contribution in [0.15, 0.2) is 24.3 Å². The van der Waals surface area contributed by atoms with E-state index >= 15 is 0 Å². The Bertz CT molecular complexity index is 380. The molecule has 0 aliphatic carbocycles. The SMILES string of the molecule is Cc1nnc(-c2ccc(I)cc2)nn1. The van der Waals surface area contributed by atoms with E-state index in [2.05, 4.69) is 43.0 Å². The van der Waals surface area contributed by atoms with Crippen molar-refractivity contribution in [3.63, 3.8) is 0 Å². The average Bonchev–Trinajstić information content (AvgIpc) is 2.21. The summed E-state index contributed by atoms with van der Waals surface area (Å²) >= 11 is 2.25. The topological polar surface area (TPSA) is 51.6 Å². The van der Waals surface area contributed by atoms with Gasteiger partial charge < -0.3 is 0 Å². The summed E-state index contributed by atoms with van der Waals surface area (Å²) in [5.41, 5.74) is 0.936. The molecular weight excluding hydrogens is 291 g/mol.